The lowest BCUT2D eigenvalue weighted by Gasteiger charge is -2.25. The van der Waals surface area contributed by atoms with Gasteiger partial charge < -0.3 is 4.89 Å². The molecular weight excluding hydrogens is 212 g/mol. The van der Waals surface area contributed by atoms with Crippen LogP contribution >= 0.6 is 0 Å². The Labute approximate surface area is 105 Å². The number of rotatable bonds is 2. The van der Waals surface area contributed by atoms with E-state index in [1.165, 1.54) is 18.2 Å². The standard InChI is InChI=1S/C15H24O2/c1-14(2,3)11-8-12(15(4,5)6)10-13(9-11)17-16-7/h8-10H,1-7H3. The molecule has 0 spiro atoms. The van der Waals surface area contributed by atoms with Gasteiger partial charge in [-0.1, -0.05) is 47.6 Å². The van der Waals surface area contributed by atoms with Gasteiger partial charge >= 0.3 is 0 Å². The Bertz CT molecular complexity index is 349. The van der Waals surface area contributed by atoms with E-state index in [0.29, 0.717) is 0 Å². The maximum absolute atomic E-state index is 5.18. The average Bonchev–Trinajstić information content (AvgIpc) is 2.15. The third-order valence-electron chi connectivity index (χ3n) is 2.82. The molecule has 0 amide bonds. The van der Waals surface area contributed by atoms with E-state index >= 15 is 0 Å². The molecule has 0 aromatic heterocycles. The third kappa shape index (κ3) is 3.74. The quantitative estimate of drug-likeness (QED) is 0.565. The lowest BCUT2D eigenvalue weighted by Crippen LogP contribution is -2.16. The smallest absolute Gasteiger partial charge is 0.165 e. The summed E-state index contributed by atoms with van der Waals surface area (Å²) in [4.78, 5) is 9.94. The van der Waals surface area contributed by atoms with Crippen LogP contribution in [0.3, 0.4) is 0 Å². The van der Waals surface area contributed by atoms with Crippen LogP contribution in [0.4, 0.5) is 0 Å². The van der Waals surface area contributed by atoms with Crippen molar-refractivity contribution >= 4 is 0 Å². The van der Waals surface area contributed by atoms with Gasteiger partial charge in [0.2, 0.25) is 0 Å². The lowest BCUT2D eigenvalue weighted by molar-refractivity contribution is -0.178. The summed E-state index contributed by atoms with van der Waals surface area (Å²) in [5.41, 5.74) is 2.73. The predicted molar refractivity (Wildman–Crippen MR) is 71.5 cm³/mol. The number of hydrogen-bond acceptors (Lipinski definition) is 2. The van der Waals surface area contributed by atoms with Crippen molar-refractivity contribution in [3.8, 4) is 5.75 Å². The maximum Gasteiger partial charge on any atom is 0.165 e. The molecule has 2 heteroatoms. The van der Waals surface area contributed by atoms with E-state index in [2.05, 4.69) is 47.6 Å². The van der Waals surface area contributed by atoms with Crippen molar-refractivity contribution in [3.63, 3.8) is 0 Å². The summed E-state index contributed by atoms with van der Waals surface area (Å²) in [6.45, 7) is 13.2. The Balaban J connectivity index is 3.29. The fourth-order valence-electron chi connectivity index (χ4n) is 1.61. The summed E-state index contributed by atoms with van der Waals surface area (Å²) in [5.74, 6) is 0.768. The van der Waals surface area contributed by atoms with Crippen LogP contribution in [0.1, 0.15) is 52.7 Å². The van der Waals surface area contributed by atoms with E-state index in [0.717, 1.165) is 5.75 Å². The van der Waals surface area contributed by atoms with E-state index in [4.69, 9.17) is 9.78 Å². The molecule has 2 nitrogen and oxygen atoms in total. The van der Waals surface area contributed by atoms with Crippen molar-refractivity contribution < 1.29 is 9.78 Å². The Morgan fingerprint density at radius 3 is 1.47 bits per heavy atom. The summed E-state index contributed by atoms with van der Waals surface area (Å²) in [5, 5.41) is 0. The normalized spacial score (nSPS) is 12.6. The Morgan fingerprint density at radius 1 is 0.765 bits per heavy atom. The van der Waals surface area contributed by atoms with E-state index in [1.807, 2.05) is 12.1 Å². The molecule has 1 aromatic carbocycles. The summed E-state index contributed by atoms with van der Waals surface area (Å²) < 4.78 is 0. The molecule has 1 rings (SSSR count). The Hall–Kier alpha value is -1.02. The van der Waals surface area contributed by atoms with E-state index in [-0.39, 0.29) is 10.8 Å². The topological polar surface area (TPSA) is 18.5 Å². The highest BCUT2D eigenvalue weighted by atomic mass is 17.2. The van der Waals surface area contributed by atoms with Gasteiger partial charge in [-0.3, -0.25) is 0 Å². The van der Waals surface area contributed by atoms with Crippen molar-refractivity contribution in [3.05, 3.63) is 29.3 Å². The minimum absolute atomic E-state index is 0.104. The zero-order valence-electron chi connectivity index (χ0n) is 12.0. The molecule has 0 saturated heterocycles. The fourth-order valence-corrected chi connectivity index (χ4v) is 1.61. The molecule has 17 heavy (non-hydrogen) atoms. The van der Waals surface area contributed by atoms with Crippen LogP contribution in [0.15, 0.2) is 18.2 Å². The zero-order valence-corrected chi connectivity index (χ0v) is 12.0. The fraction of sp³-hybridized carbons (Fsp3) is 0.600. The predicted octanol–water partition coefficient (Wildman–Crippen LogP) is 4.22. The molecule has 0 N–H and O–H groups in total. The molecular formula is C15H24O2. The highest BCUT2D eigenvalue weighted by molar-refractivity contribution is 5.40. The van der Waals surface area contributed by atoms with E-state index in [9.17, 15) is 0 Å². The van der Waals surface area contributed by atoms with Crippen LogP contribution in [0.25, 0.3) is 0 Å². The second kappa shape index (κ2) is 4.69. The van der Waals surface area contributed by atoms with E-state index in [1.54, 1.807) is 0 Å². The van der Waals surface area contributed by atoms with Gasteiger partial charge in [0.15, 0.2) is 5.75 Å². The van der Waals surface area contributed by atoms with Crippen LogP contribution in [-0.2, 0) is 15.7 Å². The molecule has 0 saturated carbocycles. The molecule has 0 unspecified atom stereocenters. The van der Waals surface area contributed by atoms with Gasteiger partial charge in [-0.05, 0) is 34.1 Å². The first kappa shape index (κ1) is 14.0. The van der Waals surface area contributed by atoms with Crippen molar-refractivity contribution in [2.45, 2.75) is 52.4 Å². The maximum atomic E-state index is 5.18. The van der Waals surface area contributed by atoms with Gasteiger partial charge in [-0.15, -0.1) is 0 Å². The summed E-state index contributed by atoms with van der Waals surface area (Å²) in [7, 11) is 1.53. The van der Waals surface area contributed by atoms with Gasteiger partial charge in [-0.2, -0.15) is 4.89 Å². The first-order chi connectivity index (χ1) is 7.64. The molecule has 0 heterocycles. The molecule has 0 atom stereocenters. The first-order valence-corrected chi connectivity index (χ1v) is 6.01. The molecule has 96 valence electrons. The Morgan fingerprint density at radius 2 is 1.18 bits per heavy atom. The molecule has 0 radical (unpaired) electrons. The molecule has 1 aromatic rings. The highest BCUT2D eigenvalue weighted by Crippen LogP contribution is 2.32. The minimum Gasteiger partial charge on any atom is -0.338 e. The summed E-state index contributed by atoms with van der Waals surface area (Å²) >= 11 is 0. The lowest BCUT2D eigenvalue weighted by atomic mass is 9.80. The number of benzene rings is 1. The third-order valence-corrected chi connectivity index (χ3v) is 2.82. The van der Waals surface area contributed by atoms with Gasteiger partial charge in [0.05, 0.1) is 7.11 Å². The SMILES string of the molecule is COOc1cc(C(C)(C)C)cc(C(C)(C)C)c1. The molecule has 0 fully saturated rings. The summed E-state index contributed by atoms with van der Waals surface area (Å²) in [6.07, 6.45) is 0. The van der Waals surface area contributed by atoms with Crippen LogP contribution in [0.5, 0.6) is 5.75 Å². The van der Waals surface area contributed by atoms with Gasteiger partial charge in [0.1, 0.15) is 0 Å². The highest BCUT2D eigenvalue weighted by Gasteiger charge is 2.21. The van der Waals surface area contributed by atoms with Crippen LogP contribution in [0.2, 0.25) is 0 Å². The Kier molecular flexibility index (Phi) is 3.88. The molecule has 0 aliphatic heterocycles. The molecule has 0 aliphatic carbocycles. The van der Waals surface area contributed by atoms with Gasteiger partial charge in [-0.25, -0.2) is 0 Å². The second-order valence-electron chi connectivity index (χ2n) is 6.50. The summed E-state index contributed by atoms with van der Waals surface area (Å²) in [6, 6.07) is 6.33. The minimum atomic E-state index is 0.104. The van der Waals surface area contributed by atoms with E-state index < -0.39 is 0 Å². The van der Waals surface area contributed by atoms with Crippen molar-refractivity contribution in [2.24, 2.45) is 0 Å². The second-order valence-corrected chi connectivity index (χ2v) is 6.50. The van der Waals surface area contributed by atoms with Crippen molar-refractivity contribution in [2.75, 3.05) is 7.11 Å². The van der Waals surface area contributed by atoms with Crippen molar-refractivity contribution in [1.29, 1.82) is 0 Å². The van der Waals surface area contributed by atoms with Crippen LogP contribution < -0.4 is 4.89 Å². The zero-order chi connectivity index (χ0) is 13.3. The number of hydrogen-bond donors (Lipinski definition) is 0. The van der Waals surface area contributed by atoms with Crippen molar-refractivity contribution in [1.82, 2.24) is 0 Å². The van der Waals surface area contributed by atoms with Gasteiger partial charge in [0.25, 0.3) is 0 Å². The van der Waals surface area contributed by atoms with Crippen LogP contribution in [-0.4, -0.2) is 7.11 Å². The average molecular weight is 236 g/mol. The van der Waals surface area contributed by atoms with Crippen LogP contribution in [0, 0.1) is 0 Å². The monoisotopic (exact) mass is 236 g/mol. The van der Waals surface area contributed by atoms with Gasteiger partial charge in [0, 0.05) is 0 Å². The molecule has 0 bridgehead atoms. The molecule has 0 aliphatic rings. The largest absolute Gasteiger partial charge is 0.338 e. The first-order valence-electron chi connectivity index (χ1n) is 6.01.